The number of amides is 1. The Morgan fingerprint density at radius 1 is 1.00 bits per heavy atom. The van der Waals surface area contributed by atoms with Gasteiger partial charge in [0.1, 0.15) is 6.54 Å². The molecule has 3 rings (SSSR count). The lowest BCUT2D eigenvalue weighted by molar-refractivity contribution is -0.131. The van der Waals surface area contributed by atoms with E-state index in [4.69, 9.17) is 0 Å². The van der Waals surface area contributed by atoms with Gasteiger partial charge in [0, 0.05) is 25.8 Å². The molecule has 0 aliphatic carbocycles. The zero-order valence-electron chi connectivity index (χ0n) is 16.2. The molecule has 0 saturated heterocycles. The van der Waals surface area contributed by atoms with Gasteiger partial charge in [0.15, 0.2) is 5.52 Å². The first kappa shape index (κ1) is 19.5. The highest BCUT2D eigenvalue weighted by molar-refractivity contribution is 5.79. The highest BCUT2D eigenvalue weighted by Crippen LogP contribution is 2.06. The molecule has 3 aromatic rings. The van der Waals surface area contributed by atoms with Crippen LogP contribution < -0.4 is 11.2 Å². The fraction of sp³-hybridized carbons (Fsp3) is 0.333. The number of carbonyl (C=O) groups excluding carboxylic acids is 1. The number of fused-ring (bicyclic) bond motifs is 1. The van der Waals surface area contributed by atoms with E-state index in [1.54, 1.807) is 17.0 Å². The topological polar surface area (TPSA) is 77.2 Å². The quantitative estimate of drug-likeness (QED) is 0.625. The summed E-state index contributed by atoms with van der Waals surface area (Å²) < 4.78 is 2.53. The van der Waals surface area contributed by atoms with Gasteiger partial charge in [-0.25, -0.2) is 9.78 Å². The van der Waals surface area contributed by atoms with Gasteiger partial charge in [-0.05, 0) is 38.0 Å². The van der Waals surface area contributed by atoms with Crippen LogP contribution in [0.3, 0.4) is 0 Å². The second kappa shape index (κ2) is 8.65. The predicted octanol–water partition coefficient (Wildman–Crippen LogP) is 1.67. The van der Waals surface area contributed by atoms with E-state index >= 15 is 0 Å². The number of carbonyl (C=O) groups is 1. The predicted molar refractivity (Wildman–Crippen MR) is 108 cm³/mol. The Kier molecular flexibility index (Phi) is 6.03. The number of aromatic nitrogens is 3. The molecule has 0 saturated carbocycles. The fourth-order valence-corrected chi connectivity index (χ4v) is 3.29. The maximum atomic E-state index is 13.1. The Bertz CT molecular complexity index is 1080. The van der Waals surface area contributed by atoms with E-state index in [-0.39, 0.29) is 24.5 Å². The van der Waals surface area contributed by atoms with Crippen molar-refractivity contribution in [3.8, 4) is 0 Å². The van der Waals surface area contributed by atoms with Crippen LogP contribution in [0, 0.1) is 0 Å². The summed E-state index contributed by atoms with van der Waals surface area (Å²) in [6.45, 7) is 5.03. The molecule has 0 bridgehead atoms. The molecule has 7 heteroatoms. The minimum absolute atomic E-state index is 0.117. The lowest BCUT2D eigenvalue weighted by Gasteiger charge is -2.20. The van der Waals surface area contributed by atoms with Crippen molar-refractivity contribution in [2.75, 3.05) is 13.1 Å². The number of hydrogen-bond donors (Lipinski definition) is 0. The van der Waals surface area contributed by atoms with E-state index in [9.17, 15) is 14.4 Å². The van der Waals surface area contributed by atoms with Crippen LogP contribution in [0.25, 0.3) is 11.0 Å². The van der Waals surface area contributed by atoms with Crippen LogP contribution in [0.5, 0.6) is 0 Å². The van der Waals surface area contributed by atoms with Crippen LogP contribution >= 0.6 is 0 Å². The van der Waals surface area contributed by atoms with Crippen LogP contribution in [0.4, 0.5) is 0 Å². The molecule has 0 aliphatic heterocycles. The number of pyridine rings is 1. The van der Waals surface area contributed by atoms with Crippen molar-refractivity contribution in [2.45, 2.75) is 33.4 Å². The number of rotatable bonds is 7. The minimum Gasteiger partial charge on any atom is -0.342 e. The highest BCUT2D eigenvalue weighted by Gasteiger charge is 2.18. The molecule has 0 spiro atoms. The third-order valence-corrected chi connectivity index (χ3v) is 4.86. The fourth-order valence-electron chi connectivity index (χ4n) is 3.29. The Morgan fingerprint density at radius 3 is 2.39 bits per heavy atom. The van der Waals surface area contributed by atoms with E-state index in [0.29, 0.717) is 25.0 Å². The summed E-state index contributed by atoms with van der Waals surface area (Å²) in [5.41, 5.74) is 0.696. The van der Waals surface area contributed by atoms with E-state index < -0.39 is 11.2 Å². The zero-order chi connectivity index (χ0) is 20.1. The van der Waals surface area contributed by atoms with Crippen molar-refractivity contribution in [3.05, 3.63) is 75.1 Å². The van der Waals surface area contributed by atoms with Gasteiger partial charge in [0.25, 0.3) is 5.56 Å². The molecular weight excluding hydrogens is 356 g/mol. The summed E-state index contributed by atoms with van der Waals surface area (Å²) >= 11 is 0. The normalized spacial score (nSPS) is 10.9. The molecule has 2 aromatic heterocycles. The number of likely N-dealkylation sites (N-methyl/N-ethyl adjacent to an activating group) is 1. The first-order chi connectivity index (χ1) is 13.6. The number of aryl methyl sites for hydroxylation is 1. The zero-order valence-corrected chi connectivity index (χ0v) is 16.2. The minimum atomic E-state index is -0.484. The third-order valence-electron chi connectivity index (χ3n) is 4.86. The van der Waals surface area contributed by atoms with Gasteiger partial charge in [-0.1, -0.05) is 30.3 Å². The van der Waals surface area contributed by atoms with Crippen molar-refractivity contribution in [3.63, 3.8) is 0 Å². The average Bonchev–Trinajstić information content (AvgIpc) is 2.72. The summed E-state index contributed by atoms with van der Waals surface area (Å²) in [5, 5.41) is 0. The highest BCUT2D eigenvalue weighted by atomic mass is 16.2. The number of benzene rings is 1. The summed E-state index contributed by atoms with van der Waals surface area (Å²) in [6, 6.07) is 13.0. The Hall–Kier alpha value is -3.22. The molecule has 2 heterocycles. The van der Waals surface area contributed by atoms with E-state index in [1.807, 2.05) is 44.2 Å². The SMILES string of the molecule is CCN(CC)C(=O)Cn1c(=O)n(CCc2ccccc2)c(=O)c2ncccc21. The van der Waals surface area contributed by atoms with Crippen molar-refractivity contribution in [1.29, 1.82) is 0 Å². The smallest absolute Gasteiger partial charge is 0.332 e. The van der Waals surface area contributed by atoms with Crippen LogP contribution in [-0.2, 0) is 24.3 Å². The van der Waals surface area contributed by atoms with Crippen LogP contribution in [0.15, 0.2) is 58.3 Å². The molecule has 0 aliphatic rings. The average molecular weight is 380 g/mol. The lowest BCUT2D eigenvalue weighted by Crippen LogP contribution is -2.44. The van der Waals surface area contributed by atoms with Crippen molar-refractivity contribution < 1.29 is 4.79 Å². The largest absolute Gasteiger partial charge is 0.342 e. The molecule has 0 N–H and O–H groups in total. The van der Waals surface area contributed by atoms with Crippen molar-refractivity contribution in [1.82, 2.24) is 19.0 Å². The monoisotopic (exact) mass is 380 g/mol. The summed E-state index contributed by atoms with van der Waals surface area (Å²) in [6.07, 6.45) is 2.06. The van der Waals surface area contributed by atoms with Gasteiger partial charge >= 0.3 is 5.69 Å². The molecule has 28 heavy (non-hydrogen) atoms. The van der Waals surface area contributed by atoms with E-state index in [0.717, 1.165) is 5.56 Å². The van der Waals surface area contributed by atoms with Gasteiger partial charge in [-0.15, -0.1) is 0 Å². The maximum Gasteiger partial charge on any atom is 0.332 e. The molecule has 0 radical (unpaired) electrons. The van der Waals surface area contributed by atoms with E-state index in [2.05, 4.69) is 4.98 Å². The second-order valence-corrected chi connectivity index (χ2v) is 6.50. The molecule has 7 nitrogen and oxygen atoms in total. The van der Waals surface area contributed by atoms with Gasteiger partial charge < -0.3 is 4.90 Å². The molecule has 1 aromatic carbocycles. The number of hydrogen-bond acceptors (Lipinski definition) is 4. The van der Waals surface area contributed by atoms with Crippen LogP contribution in [0.1, 0.15) is 19.4 Å². The van der Waals surface area contributed by atoms with Crippen LogP contribution in [-0.4, -0.2) is 38.0 Å². The molecule has 0 fully saturated rings. The molecule has 1 amide bonds. The third kappa shape index (κ3) is 3.88. The van der Waals surface area contributed by atoms with Gasteiger partial charge in [0.2, 0.25) is 5.91 Å². The molecular formula is C21H24N4O3. The van der Waals surface area contributed by atoms with Crippen LogP contribution in [0.2, 0.25) is 0 Å². The maximum absolute atomic E-state index is 13.1. The Balaban J connectivity index is 2.06. The molecule has 146 valence electrons. The Labute approximate surface area is 162 Å². The second-order valence-electron chi connectivity index (χ2n) is 6.50. The first-order valence-corrected chi connectivity index (χ1v) is 9.46. The number of nitrogens with zero attached hydrogens (tertiary/aromatic N) is 4. The summed E-state index contributed by atoms with van der Waals surface area (Å²) in [5.74, 6) is -0.162. The standard InChI is InChI=1S/C21H24N4O3/c1-3-23(4-2)18(26)15-25-17-11-8-13-22-19(17)20(27)24(21(25)28)14-12-16-9-6-5-7-10-16/h5-11,13H,3-4,12,14-15H2,1-2H3. The molecule has 0 unspecified atom stereocenters. The summed E-state index contributed by atoms with van der Waals surface area (Å²) in [4.78, 5) is 44.4. The lowest BCUT2D eigenvalue weighted by atomic mass is 10.1. The van der Waals surface area contributed by atoms with Gasteiger partial charge in [-0.3, -0.25) is 18.7 Å². The van der Waals surface area contributed by atoms with Gasteiger partial charge in [-0.2, -0.15) is 0 Å². The van der Waals surface area contributed by atoms with E-state index in [1.165, 1.54) is 15.3 Å². The van der Waals surface area contributed by atoms with Crippen molar-refractivity contribution >= 4 is 16.9 Å². The first-order valence-electron chi connectivity index (χ1n) is 9.46. The Morgan fingerprint density at radius 2 is 1.71 bits per heavy atom. The van der Waals surface area contributed by atoms with Crippen molar-refractivity contribution in [2.24, 2.45) is 0 Å². The van der Waals surface area contributed by atoms with Gasteiger partial charge in [0.05, 0.1) is 5.52 Å². The summed E-state index contributed by atoms with van der Waals surface area (Å²) in [7, 11) is 0. The molecule has 0 atom stereocenters.